The number of hydrogen-bond donors (Lipinski definition) is 0. The van der Waals surface area contributed by atoms with Crippen molar-refractivity contribution in [3.63, 3.8) is 0 Å². The number of ketones is 1. The molecule has 0 radical (unpaired) electrons. The van der Waals surface area contributed by atoms with Crippen molar-refractivity contribution in [3.8, 4) is 5.75 Å². The van der Waals surface area contributed by atoms with Crippen LogP contribution in [0.2, 0.25) is 5.02 Å². The van der Waals surface area contributed by atoms with Gasteiger partial charge in [0.2, 0.25) is 5.78 Å². The maximum absolute atomic E-state index is 12.3. The molecule has 2 nitrogen and oxygen atoms in total. The molecule has 4 heteroatoms. The zero-order chi connectivity index (χ0) is 12.7. The van der Waals surface area contributed by atoms with E-state index in [4.69, 9.17) is 16.3 Å². The highest BCUT2D eigenvalue weighted by Crippen LogP contribution is 2.31. The van der Waals surface area contributed by atoms with E-state index in [1.54, 1.807) is 12.1 Å². The van der Waals surface area contributed by atoms with E-state index in [9.17, 15) is 4.79 Å². The fourth-order valence-corrected chi connectivity index (χ4v) is 3.25. The monoisotopic (exact) mass is 278 g/mol. The molecule has 2 heterocycles. The Bertz CT molecular complexity index is 618. The predicted molar refractivity (Wildman–Crippen MR) is 73.0 cm³/mol. The molecule has 0 spiro atoms. The molecule has 1 aromatic carbocycles. The molecule has 0 saturated heterocycles. The van der Waals surface area contributed by atoms with Gasteiger partial charge in [-0.15, -0.1) is 11.3 Å². The Morgan fingerprint density at radius 3 is 3.00 bits per heavy atom. The Labute approximate surface area is 114 Å². The molecular weight excluding hydrogens is 268 g/mol. The van der Waals surface area contributed by atoms with Crippen LogP contribution in [-0.4, -0.2) is 11.9 Å². The summed E-state index contributed by atoms with van der Waals surface area (Å²) < 4.78 is 5.62. The number of ether oxygens (including phenoxy) is 1. The summed E-state index contributed by atoms with van der Waals surface area (Å²) in [4.78, 5) is 12.9. The molecule has 1 unspecified atom stereocenters. The van der Waals surface area contributed by atoms with Crippen LogP contribution in [0, 0.1) is 0 Å². The zero-order valence-corrected chi connectivity index (χ0v) is 11.3. The average molecular weight is 279 g/mol. The standard InChI is InChI=1S/C14H11ClO2S/c1-8-6-10-7-9(2-3-12(10)17-8)13(16)14-11(15)4-5-18-14/h2-5,7-8H,6H2,1H3. The Kier molecular flexibility index (Phi) is 2.88. The van der Waals surface area contributed by atoms with E-state index >= 15 is 0 Å². The average Bonchev–Trinajstić information content (AvgIpc) is 2.91. The van der Waals surface area contributed by atoms with Crippen molar-refractivity contribution in [2.75, 3.05) is 0 Å². The van der Waals surface area contributed by atoms with Gasteiger partial charge in [0.15, 0.2) is 0 Å². The normalized spacial score (nSPS) is 17.3. The van der Waals surface area contributed by atoms with Crippen LogP contribution in [0.4, 0.5) is 0 Å². The summed E-state index contributed by atoms with van der Waals surface area (Å²) in [5, 5.41) is 2.35. The quantitative estimate of drug-likeness (QED) is 0.778. The summed E-state index contributed by atoms with van der Waals surface area (Å²) >= 11 is 7.36. The molecule has 0 N–H and O–H groups in total. The van der Waals surface area contributed by atoms with Gasteiger partial charge in [-0.25, -0.2) is 0 Å². The predicted octanol–water partition coefficient (Wildman–Crippen LogP) is 3.96. The van der Waals surface area contributed by atoms with Gasteiger partial charge in [-0.2, -0.15) is 0 Å². The molecule has 1 atom stereocenters. The van der Waals surface area contributed by atoms with Crippen LogP contribution in [0.1, 0.15) is 27.7 Å². The molecule has 3 rings (SSSR count). The van der Waals surface area contributed by atoms with E-state index in [1.807, 2.05) is 24.4 Å². The topological polar surface area (TPSA) is 26.3 Å². The van der Waals surface area contributed by atoms with Gasteiger partial charge in [-0.05, 0) is 42.1 Å². The number of rotatable bonds is 2. The molecule has 18 heavy (non-hydrogen) atoms. The smallest absolute Gasteiger partial charge is 0.204 e. The van der Waals surface area contributed by atoms with Gasteiger partial charge >= 0.3 is 0 Å². The second-order valence-electron chi connectivity index (χ2n) is 4.38. The van der Waals surface area contributed by atoms with Gasteiger partial charge < -0.3 is 4.74 Å². The van der Waals surface area contributed by atoms with Crippen molar-refractivity contribution in [1.29, 1.82) is 0 Å². The third-order valence-electron chi connectivity index (χ3n) is 2.98. The summed E-state index contributed by atoms with van der Waals surface area (Å²) in [6.07, 6.45) is 1.05. The molecule has 0 amide bonds. The third kappa shape index (κ3) is 1.93. The lowest BCUT2D eigenvalue weighted by Gasteiger charge is -2.03. The first-order valence-electron chi connectivity index (χ1n) is 5.72. The van der Waals surface area contributed by atoms with Gasteiger partial charge in [0, 0.05) is 12.0 Å². The zero-order valence-electron chi connectivity index (χ0n) is 9.77. The maximum Gasteiger partial charge on any atom is 0.204 e. The minimum atomic E-state index is -0.0163. The second-order valence-corrected chi connectivity index (χ2v) is 5.71. The molecule has 0 aliphatic carbocycles. The lowest BCUT2D eigenvalue weighted by atomic mass is 10.0. The molecular formula is C14H11ClO2S. The molecule has 0 bridgehead atoms. The first-order valence-corrected chi connectivity index (χ1v) is 6.98. The number of hydrogen-bond acceptors (Lipinski definition) is 3. The summed E-state index contributed by atoms with van der Waals surface area (Å²) in [7, 11) is 0. The number of thiophene rings is 1. The van der Waals surface area contributed by atoms with Gasteiger partial charge in [0.05, 0.1) is 9.90 Å². The number of carbonyl (C=O) groups is 1. The van der Waals surface area contributed by atoms with Gasteiger partial charge in [0.25, 0.3) is 0 Å². The van der Waals surface area contributed by atoms with Crippen LogP contribution in [-0.2, 0) is 6.42 Å². The minimum absolute atomic E-state index is 0.0163. The van der Waals surface area contributed by atoms with Crippen LogP contribution >= 0.6 is 22.9 Å². The number of fused-ring (bicyclic) bond motifs is 1. The maximum atomic E-state index is 12.3. The van der Waals surface area contributed by atoms with Crippen LogP contribution in [0.25, 0.3) is 0 Å². The molecule has 2 aromatic rings. The van der Waals surface area contributed by atoms with E-state index in [1.165, 1.54) is 11.3 Å². The van der Waals surface area contributed by atoms with Crippen molar-refractivity contribution in [3.05, 3.63) is 50.7 Å². The van der Waals surface area contributed by atoms with Gasteiger partial charge in [-0.1, -0.05) is 11.6 Å². The van der Waals surface area contributed by atoms with E-state index in [0.717, 1.165) is 17.7 Å². The lowest BCUT2D eigenvalue weighted by molar-refractivity contribution is 0.104. The number of carbonyl (C=O) groups excluding carboxylic acids is 1. The van der Waals surface area contributed by atoms with Crippen LogP contribution in [0.15, 0.2) is 29.6 Å². The summed E-state index contributed by atoms with van der Waals surface area (Å²) in [5.74, 6) is 0.869. The second kappa shape index (κ2) is 4.41. The third-order valence-corrected chi connectivity index (χ3v) is 4.32. The fourth-order valence-electron chi connectivity index (χ4n) is 2.15. The van der Waals surface area contributed by atoms with Crippen molar-refractivity contribution < 1.29 is 9.53 Å². The minimum Gasteiger partial charge on any atom is -0.490 e. The van der Waals surface area contributed by atoms with Crippen LogP contribution < -0.4 is 4.74 Å². The Hall–Kier alpha value is -1.32. The Balaban J connectivity index is 1.97. The van der Waals surface area contributed by atoms with Crippen molar-refractivity contribution >= 4 is 28.7 Å². The van der Waals surface area contributed by atoms with E-state index in [-0.39, 0.29) is 11.9 Å². The summed E-state index contributed by atoms with van der Waals surface area (Å²) in [6.45, 7) is 2.03. The van der Waals surface area contributed by atoms with E-state index in [2.05, 4.69) is 0 Å². The molecule has 1 aliphatic rings. The molecule has 0 fully saturated rings. The van der Waals surface area contributed by atoms with Crippen molar-refractivity contribution in [2.24, 2.45) is 0 Å². The van der Waals surface area contributed by atoms with E-state index < -0.39 is 0 Å². The van der Waals surface area contributed by atoms with Crippen LogP contribution in [0.3, 0.4) is 0 Å². The summed E-state index contributed by atoms with van der Waals surface area (Å²) in [5.41, 5.74) is 1.77. The number of halogens is 1. The number of benzene rings is 1. The Morgan fingerprint density at radius 1 is 1.44 bits per heavy atom. The Morgan fingerprint density at radius 2 is 2.28 bits per heavy atom. The van der Waals surface area contributed by atoms with Gasteiger partial charge in [0.1, 0.15) is 11.9 Å². The molecule has 0 saturated carbocycles. The van der Waals surface area contributed by atoms with E-state index in [0.29, 0.717) is 15.5 Å². The van der Waals surface area contributed by atoms with Crippen LogP contribution in [0.5, 0.6) is 5.75 Å². The first-order chi connectivity index (χ1) is 8.65. The first kappa shape index (κ1) is 11.8. The van der Waals surface area contributed by atoms with Crippen molar-refractivity contribution in [1.82, 2.24) is 0 Å². The molecule has 1 aromatic heterocycles. The highest BCUT2D eigenvalue weighted by Gasteiger charge is 2.21. The SMILES string of the molecule is CC1Cc2cc(C(=O)c3sccc3Cl)ccc2O1. The van der Waals surface area contributed by atoms with Crippen molar-refractivity contribution in [2.45, 2.75) is 19.4 Å². The lowest BCUT2D eigenvalue weighted by Crippen LogP contribution is -2.05. The summed E-state index contributed by atoms with van der Waals surface area (Å²) in [6, 6.07) is 7.33. The van der Waals surface area contributed by atoms with Gasteiger partial charge in [-0.3, -0.25) is 4.79 Å². The highest BCUT2D eigenvalue weighted by molar-refractivity contribution is 7.13. The highest BCUT2D eigenvalue weighted by atomic mass is 35.5. The molecule has 1 aliphatic heterocycles. The fraction of sp³-hybridized carbons (Fsp3) is 0.214. The largest absolute Gasteiger partial charge is 0.490 e. The molecule has 92 valence electrons.